The van der Waals surface area contributed by atoms with Gasteiger partial charge in [-0.3, -0.25) is 0 Å². The summed E-state index contributed by atoms with van der Waals surface area (Å²) in [5.41, 5.74) is -0.778. The summed E-state index contributed by atoms with van der Waals surface area (Å²) in [5, 5.41) is 9.85. The fourth-order valence-electron chi connectivity index (χ4n) is 1.21. The molecule has 0 aliphatic rings. The van der Waals surface area contributed by atoms with Gasteiger partial charge in [0, 0.05) is 6.42 Å². The van der Waals surface area contributed by atoms with Crippen molar-refractivity contribution in [1.29, 1.82) is 0 Å². The molecular formula is C11H20O2. The number of hydrogen-bond acceptors (Lipinski definition) is 2. The lowest BCUT2D eigenvalue weighted by Crippen LogP contribution is -2.27. The van der Waals surface area contributed by atoms with Crippen molar-refractivity contribution >= 4 is 6.29 Å². The second kappa shape index (κ2) is 6.84. The molecular weight excluding hydrogens is 164 g/mol. The van der Waals surface area contributed by atoms with Crippen molar-refractivity contribution in [2.75, 3.05) is 0 Å². The van der Waals surface area contributed by atoms with Gasteiger partial charge in [0.15, 0.2) is 0 Å². The van der Waals surface area contributed by atoms with Gasteiger partial charge >= 0.3 is 0 Å². The molecule has 0 bridgehead atoms. The topological polar surface area (TPSA) is 37.3 Å². The summed E-state index contributed by atoms with van der Waals surface area (Å²) >= 11 is 0. The van der Waals surface area contributed by atoms with Crippen molar-refractivity contribution in [1.82, 2.24) is 0 Å². The molecule has 1 N–H and O–H groups in total. The lowest BCUT2D eigenvalue weighted by atomic mass is 9.91. The van der Waals surface area contributed by atoms with E-state index in [1.807, 2.05) is 6.92 Å². The van der Waals surface area contributed by atoms with Gasteiger partial charge in [0.05, 0.1) is 5.60 Å². The van der Waals surface area contributed by atoms with Gasteiger partial charge in [-0.2, -0.15) is 0 Å². The van der Waals surface area contributed by atoms with Crippen molar-refractivity contribution < 1.29 is 9.90 Å². The average molecular weight is 184 g/mol. The van der Waals surface area contributed by atoms with Gasteiger partial charge in [-0.25, -0.2) is 0 Å². The molecule has 0 spiro atoms. The minimum absolute atomic E-state index is 0.253. The van der Waals surface area contributed by atoms with Crippen LogP contribution in [-0.2, 0) is 4.79 Å². The zero-order valence-electron chi connectivity index (χ0n) is 8.62. The number of allylic oxidation sites excluding steroid dienone is 2. The molecule has 0 radical (unpaired) electrons. The molecule has 0 amide bonds. The van der Waals surface area contributed by atoms with E-state index in [1.165, 1.54) is 0 Å². The Hall–Kier alpha value is -0.630. The Balaban J connectivity index is 3.82. The smallest absolute Gasteiger partial charge is 0.122 e. The maximum absolute atomic E-state index is 10.3. The van der Waals surface area contributed by atoms with Gasteiger partial charge in [0.2, 0.25) is 0 Å². The molecule has 0 fully saturated rings. The van der Waals surface area contributed by atoms with Crippen LogP contribution in [0.15, 0.2) is 12.2 Å². The van der Waals surface area contributed by atoms with Crippen molar-refractivity contribution in [2.24, 2.45) is 0 Å². The van der Waals surface area contributed by atoms with E-state index in [-0.39, 0.29) is 6.42 Å². The second-order valence-corrected chi connectivity index (χ2v) is 3.37. The zero-order valence-corrected chi connectivity index (χ0v) is 8.62. The van der Waals surface area contributed by atoms with E-state index < -0.39 is 5.60 Å². The van der Waals surface area contributed by atoms with Crippen LogP contribution in [-0.4, -0.2) is 17.0 Å². The molecule has 0 aromatic rings. The van der Waals surface area contributed by atoms with Crippen LogP contribution >= 0.6 is 0 Å². The molecule has 1 atom stereocenters. The lowest BCUT2D eigenvalue weighted by molar-refractivity contribution is -0.112. The monoisotopic (exact) mass is 184 g/mol. The van der Waals surface area contributed by atoms with E-state index in [1.54, 1.807) is 0 Å². The number of hydrogen-bond donors (Lipinski definition) is 1. The van der Waals surface area contributed by atoms with Gasteiger partial charge < -0.3 is 9.90 Å². The molecule has 0 aromatic heterocycles. The minimum atomic E-state index is -0.778. The predicted octanol–water partition coefficient (Wildman–Crippen LogP) is 2.46. The first-order chi connectivity index (χ1) is 6.18. The van der Waals surface area contributed by atoms with Crippen molar-refractivity contribution in [3.05, 3.63) is 12.2 Å². The van der Waals surface area contributed by atoms with E-state index >= 15 is 0 Å². The minimum Gasteiger partial charge on any atom is -0.389 e. The summed E-state index contributed by atoms with van der Waals surface area (Å²) in [6.45, 7) is 3.99. The first kappa shape index (κ1) is 12.4. The maximum atomic E-state index is 10.3. The third-order valence-corrected chi connectivity index (χ3v) is 2.30. The molecule has 2 heteroatoms. The van der Waals surface area contributed by atoms with Crippen LogP contribution in [0.25, 0.3) is 0 Å². The molecule has 13 heavy (non-hydrogen) atoms. The summed E-state index contributed by atoms with van der Waals surface area (Å²) in [4.78, 5) is 10.3. The molecule has 0 heterocycles. The van der Waals surface area contributed by atoms with Crippen LogP contribution in [0.3, 0.4) is 0 Å². The molecule has 0 rings (SSSR count). The quantitative estimate of drug-likeness (QED) is 0.487. The average Bonchev–Trinajstić information content (AvgIpc) is 2.13. The third kappa shape index (κ3) is 5.58. The normalized spacial score (nSPS) is 15.9. The Bertz CT molecular complexity index is 163. The molecule has 2 nitrogen and oxygen atoms in total. The Morgan fingerprint density at radius 1 is 1.31 bits per heavy atom. The van der Waals surface area contributed by atoms with Crippen LogP contribution in [0, 0.1) is 0 Å². The largest absolute Gasteiger partial charge is 0.389 e. The Labute approximate surface area is 80.7 Å². The van der Waals surface area contributed by atoms with E-state index in [4.69, 9.17) is 0 Å². The summed E-state index contributed by atoms with van der Waals surface area (Å²) in [6, 6.07) is 0. The first-order valence-corrected chi connectivity index (χ1v) is 4.99. The van der Waals surface area contributed by atoms with E-state index in [2.05, 4.69) is 19.1 Å². The Morgan fingerprint density at radius 2 is 2.00 bits per heavy atom. The highest BCUT2D eigenvalue weighted by molar-refractivity contribution is 5.51. The van der Waals surface area contributed by atoms with Crippen molar-refractivity contribution in [3.63, 3.8) is 0 Å². The summed E-state index contributed by atoms with van der Waals surface area (Å²) in [6.07, 6.45) is 8.40. The van der Waals surface area contributed by atoms with Crippen molar-refractivity contribution in [3.8, 4) is 0 Å². The van der Waals surface area contributed by atoms with Gasteiger partial charge in [0.1, 0.15) is 6.29 Å². The number of carbonyl (C=O) groups excluding carboxylic acids is 1. The van der Waals surface area contributed by atoms with Crippen LogP contribution in [0.1, 0.15) is 46.0 Å². The number of aliphatic hydroxyl groups is 1. The van der Waals surface area contributed by atoms with Crippen molar-refractivity contribution in [2.45, 2.75) is 51.6 Å². The third-order valence-electron chi connectivity index (χ3n) is 2.30. The zero-order chi connectivity index (χ0) is 10.2. The van der Waals surface area contributed by atoms with E-state index in [9.17, 15) is 9.90 Å². The van der Waals surface area contributed by atoms with Crippen LogP contribution < -0.4 is 0 Å². The summed E-state index contributed by atoms with van der Waals surface area (Å²) in [7, 11) is 0. The predicted molar refractivity (Wildman–Crippen MR) is 54.6 cm³/mol. The molecule has 1 unspecified atom stereocenters. The second-order valence-electron chi connectivity index (χ2n) is 3.37. The summed E-state index contributed by atoms with van der Waals surface area (Å²) < 4.78 is 0. The van der Waals surface area contributed by atoms with Gasteiger partial charge in [0.25, 0.3) is 0 Å². The fraction of sp³-hybridized carbons (Fsp3) is 0.727. The fourth-order valence-corrected chi connectivity index (χ4v) is 1.21. The molecule has 0 aliphatic carbocycles. The SMILES string of the molecule is CC/C=C/CCC(O)(CC)CC=O. The maximum Gasteiger partial charge on any atom is 0.122 e. The van der Waals surface area contributed by atoms with Gasteiger partial charge in [-0.15, -0.1) is 0 Å². The number of aldehydes is 1. The lowest BCUT2D eigenvalue weighted by Gasteiger charge is -2.23. The van der Waals surface area contributed by atoms with Crippen LogP contribution in [0.5, 0.6) is 0 Å². The molecule has 0 saturated heterocycles. The molecule has 76 valence electrons. The highest BCUT2D eigenvalue weighted by Gasteiger charge is 2.22. The molecule has 0 aliphatic heterocycles. The van der Waals surface area contributed by atoms with E-state index in [0.29, 0.717) is 12.8 Å². The van der Waals surface area contributed by atoms with Crippen LogP contribution in [0.4, 0.5) is 0 Å². The number of carbonyl (C=O) groups is 1. The highest BCUT2D eigenvalue weighted by Crippen LogP contribution is 2.20. The number of rotatable bonds is 7. The first-order valence-electron chi connectivity index (χ1n) is 4.99. The van der Waals surface area contributed by atoms with Gasteiger partial charge in [-0.1, -0.05) is 26.0 Å². The Kier molecular flexibility index (Phi) is 6.51. The molecule has 0 saturated carbocycles. The Morgan fingerprint density at radius 3 is 2.46 bits per heavy atom. The van der Waals surface area contributed by atoms with Crippen LogP contribution in [0.2, 0.25) is 0 Å². The summed E-state index contributed by atoms with van der Waals surface area (Å²) in [5.74, 6) is 0. The molecule has 0 aromatic carbocycles. The van der Waals surface area contributed by atoms with E-state index in [0.717, 1.165) is 19.1 Å². The highest BCUT2D eigenvalue weighted by atomic mass is 16.3. The van der Waals surface area contributed by atoms with Gasteiger partial charge in [-0.05, 0) is 25.7 Å². The standard InChI is InChI=1S/C11H20O2/c1-3-5-6-7-8-11(13,4-2)9-10-12/h5-6,10,13H,3-4,7-9H2,1-2H3/b6-5+.